The maximum atomic E-state index is 13.4. The first-order valence-corrected chi connectivity index (χ1v) is 11.9. The predicted octanol–water partition coefficient (Wildman–Crippen LogP) is 4.84. The number of methoxy groups -OCH3 is 2. The molecule has 0 atom stereocenters. The molecule has 0 aliphatic rings. The Kier molecular flexibility index (Phi) is 8.20. The molecule has 0 saturated heterocycles. The Morgan fingerprint density at radius 2 is 1.67 bits per heavy atom. The average Bonchev–Trinajstić information content (AvgIpc) is 2.79. The molecule has 0 aromatic heterocycles. The van der Waals surface area contributed by atoms with Crippen molar-refractivity contribution in [3.63, 3.8) is 0 Å². The molecule has 1 N–H and O–H groups in total. The molecular weight excluding hydrogens is 487 g/mol. The van der Waals surface area contributed by atoms with E-state index in [9.17, 15) is 13.2 Å². The molecule has 0 heterocycles. The molecule has 0 unspecified atom stereocenters. The summed E-state index contributed by atoms with van der Waals surface area (Å²) in [7, 11) is -1.05. The van der Waals surface area contributed by atoms with Gasteiger partial charge >= 0.3 is 0 Å². The summed E-state index contributed by atoms with van der Waals surface area (Å²) in [6.07, 6.45) is 0. The van der Waals surface area contributed by atoms with Gasteiger partial charge in [0.05, 0.1) is 31.3 Å². The zero-order valence-corrected chi connectivity index (χ0v) is 20.2. The second-order valence-electron chi connectivity index (χ2n) is 6.97. The van der Waals surface area contributed by atoms with Crippen molar-refractivity contribution in [2.45, 2.75) is 11.4 Å². The molecule has 0 aliphatic carbocycles. The van der Waals surface area contributed by atoms with E-state index in [0.717, 1.165) is 4.31 Å². The lowest BCUT2D eigenvalue weighted by Crippen LogP contribution is -2.37. The number of anilines is 1. The smallest absolute Gasteiger partial charge is 0.243 e. The number of sulfonamides is 1. The lowest BCUT2D eigenvalue weighted by atomic mass is 10.2. The Bertz CT molecular complexity index is 1230. The Morgan fingerprint density at radius 3 is 2.30 bits per heavy atom. The summed E-state index contributed by atoms with van der Waals surface area (Å²) in [6, 6.07) is 17.4. The van der Waals surface area contributed by atoms with Gasteiger partial charge in [0.2, 0.25) is 15.9 Å². The minimum absolute atomic E-state index is 0.0174. The zero-order valence-electron chi connectivity index (χ0n) is 17.9. The van der Waals surface area contributed by atoms with Crippen LogP contribution in [0.25, 0.3) is 0 Å². The quantitative estimate of drug-likeness (QED) is 0.446. The van der Waals surface area contributed by atoms with Gasteiger partial charge in [-0.2, -0.15) is 4.31 Å². The van der Waals surface area contributed by atoms with E-state index in [1.165, 1.54) is 38.5 Å². The third kappa shape index (κ3) is 6.39. The van der Waals surface area contributed by atoms with Gasteiger partial charge in [-0.1, -0.05) is 35.3 Å². The molecule has 3 rings (SSSR count). The van der Waals surface area contributed by atoms with Crippen molar-refractivity contribution in [3.8, 4) is 11.5 Å². The van der Waals surface area contributed by atoms with Crippen LogP contribution in [0.1, 0.15) is 5.56 Å². The second-order valence-corrected chi connectivity index (χ2v) is 9.78. The number of nitrogens with zero attached hydrogens (tertiary/aromatic N) is 1. The molecule has 174 valence electrons. The number of nitrogens with one attached hydrogen (secondary N) is 1. The fourth-order valence-electron chi connectivity index (χ4n) is 3.07. The maximum Gasteiger partial charge on any atom is 0.243 e. The fourth-order valence-corrected chi connectivity index (χ4v) is 4.80. The second kappa shape index (κ2) is 10.9. The number of carbonyl (C=O) groups excluding carboxylic acids is 1. The van der Waals surface area contributed by atoms with E-state index in [4.69, 9.17) is 32.7 Å². The zero-order chi connectivity index (χ0) is 24.0. The van der Waals surface area contributed by atoms with Gasteiger partial charge in [0.15, 0.2) is 0 Å². The highest BCUT2D eigenvalue weighted by molar-refractivity contribution is 7.89. The summed E-state index contributed by atoms with van der Waals surface area (Å²) in [5.74, 6) is 0.389. The molecule has 0 spiro atoms. The van der Waals surface area contributed by atoms with Gasteiger partial charge < -0.3 is 14.8 Å². The molecule has 0 fully saturated rings. The van der Waals surface area contributed by atoms with Gasteiger partial charge in [0.25, 0.3) is 0 Å². The number of benzene rings is 3. The first-order valence-electron chi connectivity index (χ1n) is 9.75. The number of rotatable bonds is 9. The highest BCUT2D eigenvalue weighted by Gasteiger charge is 2.27. The van der Waals surface area contributed by atoms with Crippen molar-refractivity contribution in [2.75, 3.05) is 26.1 Å². The summed E-state index contributed by atoms with van der Waals surface area (Å²) >= 11 is 12.0. The van der Waals surface area contributed by atoms with Crippen molar-refractivity contribution in [2.24, 2.45) is 0 Å². The van der Waals surface area contributed by atoms with Gasteiger partial charge in [-0.05, 0) is 54.1 Å². The number of ether oxygens (including phenoxy) is 2. The van der Waals surface area contributed by atoms with Crippen LogP contribution in [0.4, 0.5) is 5.69 Å². The summed E-state index contributed by atoms with van der Waals surface area (Å²) in [5, 5.41) is 3.56. The van der Waals surface area contributed by atoms with E-state index in [-0.39, 0.29) is 11.4 Å². The molecule has 0 aliphatic heterocycles. The first-order chi connectivity index (χ1) is 15.7. The van der Waals surface area contributed by atoms with Crippen LogP contribution >= 0.6 is 23.2 Å². The van der Waals surface area contributed by atoms with Crippen molar-refractivity contribution < 1.29 is 22.7 Å². The van der Waals surface area contributed by atoms with E-state index in [1.807, 2.05) is 0 Å². The molecule has 1 amide bonds. The number of carbonyl (C=O) groups is 1. The Hall–Kier alpha value is -2.78. The van der Waals surface area contributed by atoms with E-state index in [1.54, 1.807) is 42.5 Å². The van der Waals surface area contributed by atoms with E-state index < -0.39 is 22.5 Å². The van der Waals surface area contributed by atoms with Crippen LogP contribution in [0.15, 0.2) is 71.6 Å². The normalized spacial score (nSPS) is 11.3. The van der Waals surface area contributed by atoms with Gasteiger partial charge in [0.1, 0.15) is 11.5 Å². The average molecular weight is 509 g/mol. The molecule has 3 aromatic rings. The van der Waals surface area contributed by atoms with Gasteiger partial charge in [0, 0.05) is 22.7 Å². The Labute approximate surface area is 202 Å². The molecule has 33 heavy (non-hydrogen) atoms. The van der Waals surface area contributed by atoms with Crippen LogP contribution in [-0.4, -0.2) is 39.4 Å². The van der Waals surface area contributed by atoms with Crippen LogP contribution in [-0.2, 0) is 21.4 Å². The molecule has 10 heteroatoms. The fraction of sp³-hybridized carbons (Fsp3) is 0.174. The number of hydrogen-bond donors (Lipinski definition) is 1. The van der Waals surface area contributed by atoms with Crippen LogP contribution in [0.2, 0.25) is 10.0 Å². The maximum absolute atomic E-state index is 13.4. The van der Waals surface area contributed by atoms with Crippen molar-refractivity contribution in [3.05, 3.63) is 82.3 Å². The van der Waals surface area contributed by atoms with E-state index >= 15 is 0 Å². The standard InChI is InChI=1S/C23H22Cl2N2O5S/c1-31-19-8-11-21(22(13-19)32-2)26-23(28)15-27(14-16-4-3-5-18(25)12-16)33(29,30)20-9-6-17(24)7-10-20/h3-13H,14-15H2,1-2H3,(H,26,28). The Morgan fingerprint density at radius 1 is 0.939 bits per heavy atom. The van der Waals surface area contributed by atoms with E-state index in [0.29, 0.717) is 32.8 Å². The predicted molar refractivity (Wildman–Crippen MR) is 129 cm³/mol. The molecule has 0 radical (unpaired) electrons. The number of halogens is 2. The molecule has 0 bridgehead atoms. The molecule has 3 aromatic carbocycles. The Balaban J connectivity index is 1.89. The first kappa shape index (κ1) is 24.9. The minimum atomic E-state index is -4.02. The summed E-state index contributed by atoms with van der Waals surface area (Å²) in [5.41, 5.74) is 1.02. The van der Waals surface area contributed by atoms with Crippen molar-refractivity contribution >= 4 is 44.8 Å². The molecular formula is C23H22Cl2N2O5S. The summed E-state index contributed by atoms with van der Waals surface area (Å²) < 4.78 is 38.2. The summed E-state index contributed by atoms with van der Waals surface area (Å²) in [4.78, 5) is 12.9. The third-order valence-electron chi connectivity index (χ3n) is 4.70. The number of amides is 1. The largest absolute Gasteiger partial charge is 0.497 e. The summed E-state index contributed by atoms with van der Waals surface area (Å²) in [6.45, 7) is -0.495. The number of hydrogen-bond acceptors (Lipinski definition) is 5. The van der Waals surface area contributed by atoms with Crippen LogP contribution in [0, 0.1) is 0 Å². The molecule has 7 nitrogen and oxygen atoms in total. The lowest BCUT2D eigenvalue weighted by Gasteiger charge is -2.22. The van der Waals surface area contributed by atoms with Gasteiger partial charge in [-0.3, -0.25) is 4.79 Å². The van der Waals surface area contributed by atoms with Crippen LogP contribution in [0.3, 0.4) is 0 Å². The lowest BCUT2D eigenvalue weighted by molar-refractivity contribution is -0.116. The van der Waals surface area contributed by atoms with Gasteiger partial charge in [-0.15, -0.1) is 0 Å². The minimum Gasteiger partial charge on any atom is -0.497 e. The van der Waals surface area contributed by atoms with E-state index in [2.05, 4.69) is 5.32 Å². The highest BCUT2D eigenvalue weighted by atomic mass is 35.5. The highest BCUT2D eigenvalue weighted by Crippen LogP contribution is 2.29. The van der Waals surface area contributed by atoms with Crippen LogP contribution < -0.4 is 14.8 Å². The third-order valence-corrected chi connectivity index (χ3v) is 7.00. The van der Waals surface area contributed by atoms with Crippen molar-refractivity contribution in [1.82, 2.24) is 4.31 Å². The van der Waals surface area contributed by atoms with Crippen molar-refractivity contribution in [1.29, 1.82) is 0 Å². The monoisotopic (exact) mass is 508 g/mol. The van der Waals surface area contributed by atoms with Crippen LogP contribution in [0.5, 0.6) is 11.5 Å². The topological polar surface area (TPSA) is 84.9 Å². The van der Waals surface area contributed by atoms with Gasteiger partial charge in [-0.25, -0.2) is 8.42 Å². The molecule has 0 saturated carbocycles. The SMILES string of the molecule is COc1ccc(NC(=O)CN(Cc2cccc(Cl)c2)S(=O)(=O)c2ccc(Cl)cc2)c(OC)c1.